The van der Waals surface area contributed by atoms with Crippen molar-refractivity contribution in [3.8, 4) is 22.5 Å². The maximum Gasteiger partial charge on any atom is 0.257 e. The fraction of sp³-hybridized carbons (Fsp3) is 0.300. The predicted molar refractivity (Wildman–Crippen MR) is 152 cm³/mol. The van der Waals surface area contributed by atoms with Crippen molar-refractivity contribution in [2.45, 2.75) is 18.8 Å². The highest BCUT2D eigenvalue weighted by Crippen LogP contribution is 2.40. The molecule has 1 amide bonds. The lowest BCUT2D eigenvalue weighted by molar-refractivity contribution is 0.0792. The molecule has 5 aromatic rings. The van der Waals surface area contributed by atoms with Gasteiger partial charge in [-0.05, 0) is 61.4 Å². The number of morpholine rings is 1. The van der Waals surface area contributed by atoms with Crippen molar-refractivity contribution in [1.29, 1.82) is 0 Å². The second-order valence-electron chi connectivity index (χ2n) is 10.3. The van der Waals surface area contributed by atoms with Gasteiger partial charge >= 0.3 is 0 Å². The number of pyridine rings is 1. The van der Waals surface area contributed by atoms with Crippen LogP contribution in [0.5, 0.6) is 0 Å². The Morgan fingerprint density at radius 3 is 2.57 bits per heavy atom. The van der Waals surface area contributed by atoms with Crippen LogP contribution in [0.25, 0.3) is 28.2 Å². The zero-order valence-electron chi connectivity index (χ0n) is 22.7. The molecule has 214 valence electrons. The van der Waals surface area contributed by atoms with E-state index in [1.54, 1.807) is 41.2 Å². The number of hydrogen-bond donors (Lipinski definition) is 1. The van der Waals surface area contributed by atoms with Gasteiger partial charge in [-0.1, -0.05) is 5.16 Å². The third-order valence-electron chi connectivity index (χ3n) is 7.59. The molecule has 0 saturated carbocycles. The van der Waals surface area contributed by atoms with Crippen molar-refractivity contribution >= 4 is 23.2 Å². The number of halogens is 1. The van der Waals surface area contributed by atoms with Gasteiger partial charge in [0, 0.05) is 49.5 Å². The van der Waals surface area contributed by atoms with Gasteiger partial charge in [0.2, 0.25) is 0 Å². The van der Waals surface area contributed by atoms with Gasteiger partial charge in [-0.3, -0.25) is 4.79 Å². The number of nitrogens with one attached hydrogen (secondary N) is 1. The van der Waals surface area contributed by atoms with Crippen molar-refractivity contribution in [3.63, 3.8) is 0 Å². The SMILES string of the molecule is O=C(Nc1cn2nc(-c3c(-c4ccc(F)cc4)noc3C3CCOCC3)ccc2n1)c1ccnc(N2CCOCC2)c1. The van der Waals surface area contributed by atoms with Gasteiger partial charge in [-0.15, -0.1) is 0 Å². The Kier molecular flexibility index (Phi) is 7.06. The number of carbonyl (C=O) groups is 1. The van der Waals surface area contributed by atoms with E-state index in [1.807, 2.05) is 12.1 Å². The monoisotopic (exact) mass is 569 g/mol. The Bertz CT molecular complexity index is 1720. The largest absolute Gasteiger partial charge is 0.381 e. The predicted octanol–water partition coefficient (Wildman–Crippen LogP) is 4.57. The minimum Gasteiger partial charge on any atom is -0.381 e. The summed E-state index contributed by atoms with van der Waals surface area (Å²) in [6.45, 7) is 3.99. The van der Waals surface area contributed by atoms with E-state index >= 15 is 0 Å². The van der Waals surface area contributed by atoms with Crippen LogP contribution in [0.3, 0.4) is 0 Å². The second-order valence-corrected chi connectivity index (χ2v) is 10.3. The van der Waals surface area contributed by atoms with Crippen molar-refractivity contribution < 1.29 is 23.2 Å². The molecule has 2 saturated heterocycles. The number of carbonyl (C=O) groups excluding carboxylic acids is 1. The Balaban J connectivity index is 1.19. The molecule has 12 heteroatoms. The quantitative estimate of drug-likeness (QED) is 0.314. The topological polar surface area (TPSA) is 120 Å². The van der Waals surface area contributed by atoms with E-state index in [0.29, 0.717) is 54.8 Å². The minimum absolute atomic E-state index is 0.119. The molecule has 2 aliphatic rings. The van der Waals surface area contributed by atoms with Crippen LogP contribution in [0.15, 0.2) is 65.4 Å². The van der Waals surface area contributed by atoms with E-state index in [-0.39, 0.29) is 17.6 Å². The lowest BCUT2D eigenvalue weighted by Gasteiger charge is -2.27. The van der Waals surface area contributed by atoms with Gasteiger partial charge in [0.25, 0.3) is 5.91 Å². The first-order chi connectivity index (χ1) is 20.6. The highest BCUT2D eigenvalue weighted by molar-refractivity contribution is 6.04. The van der Waals surface area contributed by atoms with Crippen LogP contribution in [0, 0.1) is 5.82 Å². The molecule has 1 N–H and O–H groups in total. The molecule has 0 unspecified atom stereocenters. The second kappa shape index (κ2) is 11.3. The summed E-state index contributed by atoms with van der Waals surface area (Å²) in [7, 11) is 0. The van der Waals surface area contributed by atoms with Gasteiger partial charge < -0.3 is 24.2 Å². The fourth-order valence-corrected chi connectivity index (χ4v) is 5.38. The normalized spacial score (nSPS) is 16.2. The number of hydrogen-bond acceptors (Lipinski definition) is 9. The number of fused-ring (bicyclic) bond motifs is 1. The molecule has 0 atom stereocenters. The van der Waals surface area contributed by atoms with E-state index in [0.717, 1.165) is 48.6 Å². The summed E-state index contributed by atoms with van der Waals surface area (Å²) in [4.78, 5) is 24.2. The van der Waals surface area contributed by atoms with Crippen LogP contribution in [0.4, 0.5) is 16.0 Å². The molecule has 2 fully saturated rings. The number of nitrogens with zero attached hydrogens (tertiary/aromatic N) is 6. The average Bonchev–Trinajstić information content (AvgIpc) is 3.66. The highest BCUT2D eigenvalue weighted by atomic mass is 19.1. The summed E-state index contributed by atoms with van der Waals surface area (Å²) >= 11 is 0. The minimum atomic E-state index is -0.329. The molecule has 4 aromatic heterocycles. The molecule has 11 nitrogen and oxygen atoms in total. The first-order valence-electron chi connectivity index (χ1n) is 13.9. The highest BCUT2D eigenvalue weighted by Gasteiger charge is 2.29. The van der Waals surface area contributed by atoms with Crippen molar-refractivity contribution in [2.24, 2.45) is 0 Å². The number of aromatic nitrogens is 5. The van der Waals surface area contributed by atoms with Crippen molar-refractivity contribution in [1.82, 2.24) is 24.7 Å². The van der Waals surface area contributed by atoms with E-state index < -0.39 is 0 Å². The summed E-state index contributed by atoms with van der Waals surface area (Å²) in [5, 5.41) is 12.1. The van der Waals surface area contributed by atoms with Crippen LogP contribution < -0.4 is 10.2 Å². The molecule has 1 aromatic carbocycles. The molecule has 0 bridgehead atoms. The molecule has 6 heterocycles. The summed E-state index contributed by atoms with van der Waals surface area (Å²) < 4.78 is 32.2. The lowest BCUT2D eigenvalue weighted by Crippen LogP contribution is -2.36. The Labute approximate surface area is 240 Å². The molecular weight excluding hydrogens is 541 g/mol. The van der Waals surface area contributed by atoms with E-state index in [1.165, 1.54) is 12.1 Å². The van der Waals surface area contributed by atoms with Gasteiger partial charge in [-0.25, -0.2) is 18.9 Å². The van der Waals surface area contributed by atoms with Gasteiger partial charge in [0.15, 0.2) is 11.5 Å². The van der Waals surface area contributed by atoms with E-state index in [2.05, 4.69) is 25.3 Å². The molecule has 42 heavy (non-hydrogen) atoms. The molecule has 0 radical (unpaired) electrons. The maximum absolute atomic E-state index is 13.7. The van der Waals surface area contributed by atoms with Gasteiger partial charge in [0.1, 0.15) is 23.1 Å². The fourth-order valence-electron chi connectivity index (χ4n) is 5.38. The third-order valence-corrected chi connectivity index (χ3v) is 7.59. The number of ether oxygens (including phenoxy) is 2. The van der Waals surface area contributed by atoms with Crippen LogP contribution in [-0.4, -0.2) is 70.2 Å². The molecule has 0 spiro atoms. The van der Waals surface area contributed by atoms with Crippen molar-refractivity contribution in [3.05, 3.63) is 78.1 Å². The smallest absolute Gasteiger partial charge is 0.257 e. The Hall–Kier alpha value is -4.68. The number of rotatable bonds is 6. The summed E-state index contributed by atoms with van der Waals surface area (Å²) in [5.74, 6) is 1.32. The van der Waals surface area contributed by atoms with Crippen LogP contribution in [0.1, 0.15) is 34.9 Å². The first-order valence-corrected chi connectivity index (χ1v) is 13.9. The number of anilines is 2. The lowest BCUT2D eigenvalue weighted by atomic mass is 9.91. The first kappa shape index (κ1) is 26.2. The zero-order valence-corrected chi connectivity index (χ0v) is 22.7. The van der Waals surface area contributed by atoms with Crippen LogP contribution >= 0.6 is 0 Å². The number of imidazole rings is 1. The Morgan fingerprint density at radius 1 is 0.976 bits per heavy atom. The summed E-state index contributed by atoms with van der Waals surface area (Å²) in [6.07, 6.45) is 4.90. The number of benzene rings is 1. The average molecular weight is 570 g/mol. The van der Waals surface area contributed by atoms with Crippen LogP contribution in [0.2, 0.25) is 0 Å². The molecule has 0 aliphatic carbocycles. The van der Waals surface area contributed by atoms with E-state index in [9.17, 15) is 9.18 Å². The van der Waals surface area contributed by atoms with Crippen LogP contribution in [-0.2, 0) is 9.47 Å². The number of amides is 1. The standard InChI is InChI=1S/C30H28FN7O4/c31-22-3-1-19(2-4-22)28-27(29(42-36-28)20-8-13-40-14-9-20)23-5-6-25-33-24(18-38(25)35-23)34-30(39)21-7-10-32-26(17-21)37-11-15-41-16-12-37/h1-7,10,17-18,20H,8-9,11-16H2,(H,34,39). The maximum atomic E-state index is 13.7. The summed E-state index contributed by atoms with van der Waals surface area (Å²) in [6, 6.07) is 13.3. The van der Waals surface area contributed by atoms with E-state index in [4.69, 9.17) is 19.1 Å². The molecule has 2 aliphatic heterocycles. The molecular formula is C30H28FN7O4. The molecule has 7 rings (SSSR count). The summed E-state index contributed by atoms with van der Waals surface area (Å²) in [5.41, 5.74) is 3.73. The van der Waals surface area contributed by atoms with Gasteiger partial charge in [-0.2, -0.15) is 5.10 Å². The van der Waals surface area contributed by atoms with Crippen molar-refractivity contribution in [2.75, 3.05) is 49.7 Å². The Morgan fingerprint density at radius 2 is 1.76 bits per heavy atom. The van der Waals surface area contributed by atoms with Gasteiger partial charge in [0.05, 0.1) is 30.7 Å². The third kappa shape index (κ3) is 5.21. The zero-order chi connectivity index (χ0) is 28.5.